The summed E-state index contributed by atoms with van der Waals surface area (Å²) in [5, 5.41) is 18.8. The first kappa shape index (κ1) is 8.63. The molecule has 0 spiro atoms. The highest BCUT2D eigenvalue weighted by Gasteiger charge is 2.20. The van der Waals surface area contributed by atoms with Crippen molar-refractivity contribution in [1.29, 1.82) is 0 Å². The van der Waals surface area contributed by atoms with Crippen LogP contribution in [0.3, 0.4) is 0 Å². The van der Waals surface area contributed by atoms with Crippen LogP contribution in [0.5, 0.6) is 0 Å². The average molecular weight is 182 g/mol. The minimum absolute atomic E-state index is 0.0233. The third-order valence-corrected chi connectivity index (χ3v) is 3.31. The third kappa shape index (κ3) is 2.30. The van der Waals surface area contributed by atoms with E-state index in [9.17, 15) is 0 Å². The Balaban J connectivity index is 2.15. The van der Waals surface area contributed by atoms with E-state index < -0.39 is 0 Å². The lowest BCUT2D eigenvalue weighted by Crippen LogP contribution is -2.34. The van der Waals surface area contributed by atoms with Crippen molar-refractivity contribution < 1.29 is 10.2 Å². The number of hydrogen-bond acceptors (Lipinski definition) is 6. The average Bonchev–Trinajstić information content (AvgIpc) is 2.37. The zero-order valence-corrected chi connectivity index (χ0v) is 6.99. The van der Waals surface area contributed by atoms with Crippen molar-refractivity contribution in [3.05, 3.63) is 0 Å². The molecule has 1 aliphatic rings. The second kappa shape index (κ2) is 4.42. The van der Waals surface area contributed by atoms with Crippen molar-refractivity contribution in [3.8, 4) is 0 Å². The molecule has 0 saturated carbocycles. The number of nitrogens with one attached hydrogen (secondary N) is 1. The maximum atomic E-state index is 8.63. The van der Waals surface area contributed by atoms with E-state index in [0.717, 1.165) is 5.88 Å². The van der Waals surface area contributed by atoms with Crippen LogP contribution in [0.25, 0.3) is 0 Å². The van der Waals surface area contributed by atoms with Gasteiger partial charge < -0.3 is 10.2 Å². The van der Waals surface area contributed by atoms with E-state index in [2.05, 4.69) is 5.43 Å². The Morgan fingerprint density at radius 1 is 1.70 bits per heavy atom. The molecule has 10 heavy (non-hydrogen) atoms. The smallest absolute Gasteiger partial charge is 0.116 e. The molecule has 1 aliphatic heterocycles. The van der Waals surface area contributed by atoms with Gasteiger partial charge in [0.1, 0.15) is 11.4 Å². The molecule has 1 unspecified atom stereocenters. The van der Waals surface area contributed by atoms with Crippen LogP contribution in [0, 0.1) is 0 Å². The predicted octanol–water partition coefficient (Wildman–Crippen LogP) is -0.586. The summed E-state index contributed by atoms with van der Waals surface area (Å²) in [5.41, 5.74) is 2.99. The highest BCUT2D eigenvalue weighted by atomic mass is 32.2. The highest BCUT2D eigenvalue weighted by molar-refractivity contribution is 8.17. The summed E-state index contributed by atoms with van der Waals surface area (Å²) in [7, 11) is 0. The summed E-state index contributed by atoms with van der Waals surface area (Å²) in [5.74, 6) is 0.887. The van der Waals surface area contributed by atoms with Gasteiger partial charge in [0.2, 0.25) is 0 Å². The molecule has 0 radical (unpaired) electrons. The molecular formula is C4H10N2O2S2. The van der Waals surface area contributed by atoms with Gasteiger partial charge in [0.15, 0.2) is 0 Å². The summed E-state index contributed by atoms with van der Waals surface area (Å²) in [6.07, 6.45) is 0. The molecule has 4 nitrogen and oxygen atoms in total. The van der Waals surface area contributed by atoms with Crippen LogP contribution in [-0.4, -0.2) is 38.5 Å². The highest BCUT2D eigenvalue weighted by Crippen LogP contribution is 2.25. The number of thioether (sulfide) groups is 2. The van der Waals surface area contributed by atoms with E-state index in [1.165, 1.54) is 11.8 Å². The Hall–Kier alpha value is 0.540. The SMILES string of the molecule is OCSC1NN(CO)CS1. The van der Waals surface area contributed by atoms with Crippen molar-refractivity contribution in [2.24, 2.45) is 0 Å². The molecule has 0 aromatic rings. The second-order valence-corrected chi connectivity index (χ2v) is 4.16. The van der Waals surface area contributed by atoms with Crippen LogP contribution < -0.4 is 5.43 Å². The number of nitrogens with zero attached hydrogens (tertiary/aromatic N) is 1. The number of hydrazine groups is 1. The molecule has 1 atom stereocenters. The Morgan fingerprint density at radius 3 is 3.00 bits per heavy atom. The van der Waals surface area contributed by atoms with E-state index in [1.54, 1.807) is 16.8 Å². The van der Waals surface area contributed by atoms with Gasteiger partial charge in [-0.3, -0.25) is 0 Å². The predicted molar refractivity (Wildman–Crippen MR) is 43.0 cm³/mol. The van der Waals surface area contributed by atoms with Gasteiger partial charge in [-0.25, -0.2) is 10.4 Å². The molecule has 1 rings (SSSR count). The maximum Gasteiger partial charge on any atom is 0.116 e. The summed E-state index contributed by atoms with van der Waals surface area (Å²) in [6.45, 7) is 0.0233. The van der Waals surface area contributed by atoms with E-state index in [1.807, 2.05) is 0 Å². The van der Waals surface area contributed by atoms with Gasteiger partial charge >= 0.3 is 0 Å². The van der Waals surface area contributed by atoms with Crippen molar-refractivity contribution in [2.75, 3.05) is 18.5 Å². The monoisotopic (exact) mass is 182 g/mol. The van der Waals surface area contributed by atoms with Gasteiger partial charge in [0.05, 0.1) is 11.8 Å². The first-order valence-electron chi connectivity index (χ1n) is 2.83. The normalized spacial score (nSPS) is 27.6. The molecule has 0 aliphatic carbocycles. The summed E-state index contributed by atoms with van der Waals surface area (Å²) < 4.78 is 0.192. The fourth-order valence-electron chi connectivity index (χ4n) is 0.616. The van der Waals surface area contributed by atoms with E-state index in [-0.39, 0.29) is 17.4 Å². The fourth-order valence-corrected chi connectivity index (χ4v) is 2.42. The van der Waals surface area contributed by atoms with E-state index in [0.29, 0.717) is 0 Å². The van der Waals surface area contributed by atoms with Gasteiger partial charge in [-0.2, -0.15) is 0 Å². The Morgan fingerprint density at radius 2 is 2.50 bits per heavy atom. The van der Waals surface area contributed by atoms with Crippen molar-refractivity contribution >= 4 is 23.5 Å². The molecule has 6 heteroatoms. The summed E-state index contributed by atoms with van der Waals surface area (Å²) in [4.78, 5) is 0. The number of aliphatic hydroxyl groups excluding tert-OH is 2. The largest absolute Gasteiger partial charge is 0.386 e. The van der Waals surface area contributed by atoms with Crippen LogP contribution >= 0.6 is 23.5 Å². The Bertz CT molecular complexity index is 105. The number of rotatable bonds is 3. The van der Waals surface area contributed by atoms with Crippen LogP contribution in [0.1, 0.15) is 0 Å². The topological polar surface area (TPSA) is 55.7 Å². The lowest BCUT2D eigenvalue weighted by Gasteiger charge is -2.11. The van der Waals surface area contributed by atoms with E-state index >= 15 is 0 Å². The lowest BCUT2D eigenvalue weighted by molar-refractivity contribution is 0.0929. The molecule has 1 heterocycles. The van der Waals surface area contributed by atoms with Gasteiger partial charge in [0, 0.05) is 0 Å². The second-order valence-electron chi connectivity index (χ2n) is 1.73. The van der Waals surface area contributed by atoms with Gasteiger partial charge in [-0.1, -0.05) is 0 Å². The fraction of sp³-hybridized carbons (Fsp3) is 1.00. The molecule has 0 aromatic heterocycles. The van der Waals surface area contributed by atoms with Crippen LogP contribution in [0.15, 0.2) is 0 Å². The molecule has 1 fully saturated rings. The van der Waals surface area contributed by atoms with Crippen molar-refractivity contribution in [1.82, 2.24) is 10.4 Å². The zero-order chi connectivity index (χ0) is 7.40. The number of aliphatic hydroxyl groups is 2. The standard InChI is InChI=1S/C4H10N2O2S2/c7-1-6-2-9-4(5-6)10-3-8/h4-5,7-8H,1-3H2. The third-order valence-electron chi connectivity index (χ3n) is 1.07. The van der Waals surface area contributed by atoms with Crippen LogP contribution in [0.2, 0.25) is 0 Å². The zero-order valence-electron chi connectivity index (χ0n) is 5.36. The van der Waals surface area contributed by atoms with Crippen molar-refractivity contribution in [3.63, 3.8) is 0 Å². The van der Waals surface area contributed by atoms with Crippen LogP contribution in [-0.2, 0) is 0 Å². The Labute approximate surface area is 67.9 Å². The Kier molecular flexibility index (Phi) is 3.82. The summed E-state index contributed by atoms with van der Waals surface area (Å²) in [6, 6.07) is 0. The minimum atomic E-state index is 0.0233. The first-order chi connectivity index (χ1) is 4.86. The van der Waals surface area contributed by atoms with Gasteiger partial charge in [-0.05, 0) is 0 Å². The lowest BCUT2D eigenvalue weighted by atomic mass is 11.1. The van der Waals surface area contributed by atoms with Gasteiger partial charge in [0.25, 0.3) is 0 Å². The molecule has 0 bridgehead atoms. The maximum absolute atomic E-state index is 8.63. The van der Waals surface area contributed by atoms with Crippen molar-refractivity contribution in [2.45, 2.75) is 4.71 Å². The minimum Gasteiger partial charge on any atom is -0.386 e. The molecule has 3 N–H and O–H groups in total. The number of hydrogen-bond donors (Lipinski definition) is 3. The van der Waals surface area contributed by atoms with Gasteiger partial charge in [-0.15, -0.1) is 23.5 Å². The quantitative estimate of drug-likeness (QED) is 0.507. The molecule has 0 amide bonds. The molecule has 1 saturated heterocycles. The molecule has 60 valence electrons. The first-order valence-corrected chi connectivity index (χ1v) is 4.92. The molecule has 0 aromatic carbocycles. The van der Waals surface area contributed by atoms with Crippen LogP contribution in [0.4, 0.5) is 0 Å². The summed E-state index contributed by atoms with van der Waals surface area (Å²) >= 11 is 3.07. The molecular weight excluding hydrogens is 172 g/mol. The van der Waals surface area contributed by atoms with E-state index in [4.69, 9.17) is 10.2 Å².